The maximum Gasteiger partial charge on any atom is 0.262 e. The number of halogens is 2. The monoisotopic (exact) mass is 398 g/mol. The van der Waals surface area contributed by atoms with Crippen molar-refractivity contribution in [3.63, 3.8) is 0 Å². The quantitative estimate of drug-likeness (QED) is 0.731. The van der Waals surface area contributed by atoms with Gasteiger partial charge in [0.15, 0.2) is 0 Å². The van der Waals surface area contributed by atoms with E-state index < -0.39 is 17.9 Å². The molecule has 140 valence electrons. The Kier molecular flexibility index (Phi) is 5.55. The predicted octanol–water partition coefficient (Wildman–Crippen LogP) is 2.86. The number of hydrogen-bond acceptors (Lipinski definition) is 4. The minimum Gasteiger partial charge on any atom is -0.378 e. The van der Waals surface area contributed by atoms with E-state index in [0.717, 1.165) is 4.90 Å². The molecule has 3 rings (SSSR count). The molecule has 3 amide bonds. The van der Waals surface area contributed by atoms with Crippen LogP contribution in [0.3, 0.4) is 0 Å². The lowest BCUT2D eigenvalue weighted by Gasteiger charge is -2.34. The second-order valence-electron chi connectivity index (χ2n) is 6.88. The van der Waals surface area contributed by atoms with Crippen molar-refractivity contribution in [2.75, 3.05) is 26.3 Å². The Morgan fingerprint density at radius 1 is 1.08 bits per heavy atom. The molecular formula is C18H20Cl2N2O4. The molecule has 26 heavy (non-hydrogen) atoms. The van der Waals surface area contributed by atoms with Crippen LogP contribution in [0.15, 0.2) is 12.1 Å². The van der Waals surface area contributed by atoms with Gasteiger partial charge in [-0.3, -0.25) is 19.3 Å². The van der Waals surface area contributed by atoms with Crippen LogP contribution in [0, 0.1) is 5.92 Å². The van der Waals surface area contributed by atoms with Crippen molar-refractivity contribution in [2.45, 2.75) is 26.3 Å². The summed E-state index contributed by atoms with van der Waals surface area (Å²) in [5, 5.41) is 0.404. The van der Waals surface area contributed by atoms with Gasteiger partial charge in [0.25, 0.3) is 11.8 Å². The number of carbonyl (C=O) groups is 3. The summed E-state index contributed by atoms with van der Waals surface area (Å²) >= 11 is 12.0. The highest BCUT2D eigenvalue weighted by Gasteiger charge is 2.44. The summed E-state index contributed by atoms with van der Waals surface area (Å²) in [7, 11) is 0. The maximum absolute atomic E-state index is 13.1. The molecule has 0 aliphatic carbocycles. The summed E-state index contributed by atoms with van der Waals surface area (Å²) in [6.45, 7) is 5.71. The smallest absolute Gasteiger partial charge is 0.262 e. The van der Waals surface area contributed by atoms with Gasteiger partial charge in [-0.05, 0) is 24.5 Å². The third-order valence-corrected chi connectivity index (χ3v) is 5.30. The second kappa shape index (κ2) is 7.55. The van der Waals surface area contributed by atoms with Crippen molar-refractivity contribution in [3.05, 3.63) is 33.3 Å². The molecular weight excluding hydrogens is 379 g/mol. The molecule has 6 nitrogen and oxygen atoms in total. The zero-order valence-corrected chi connectivity index (χ0v) is 16.1. The van der Waals surface area contributed by atoms with Crippen LogP contribution in [-0.2, 0) is 9.53 Å². The minimum atomic E-state index is -0.849. The Bertz CT molecular complexity index is 719. The zero-order valence-electron chi connectivity index (χ0n) is 14.6. The molecule has 1 aromatic carbocycles. The average Bonchev–Trinajstić information content (AvgIpc) is 2.84. The van der Waals surface area contributed by atoms with E-state index in [2.05, 4.69) is 0 Å². The van der Waals surface area contributed by atoms with Gasteiger partial charge in [0.05, 0.1) is 34.4 Å². The molecule has 0 unspecified atom stereocenters. The molecule has 0 aromatic heterocycles. The summed E-state index contributed by atoms with van der Waals surface area (Å²) in [5.41, 5.74) is 0.376. The van der Waals surface area contributed by atoms with Crippen molar-refractivity contribution in [1.82, 2.24) is 9.80 Å². The number of nitrogens with zero attached hydrogens (tertiary/aromatic N) is 2. The number of morpholine rings is 1. The molecule has 0 saturated carbocycles. The van der Waals surface area contributed by atoms with Gasteiger partial charge in [-0.25, -0.2) is 0 Å². The number of fused-ring (bicyclic) bond motifs is 1. The van der Waals surface area contributed by atoms with Gasteiger partial charge in [0, 0.05) is 13.1 Å². The summed E-state index contributed by atoms with van der Waals surface area (Å²) in [4.78, 5) is 41.6. The van der Waals surface area contributed by atoms with Crippen LogP contribution < -0.4 is 0 Å². The van der Waals surface area contributed by atoms with Crippen molar-refractivity contribution >= 4 is 40.9 Å². The van der Waals surface area contributed by atoms with E-state index in [1.54, 1.807) is 4.90 Å². The first-order chi connectivity index (χ1) is 12.3. The Morgan fingerprint density at radius 3 is 2.04 bits per heavy atom. The fourth-order valence-electron chi connectivity index (χ4n) is 3.29. The fraction of sp³-hybridized carbons (Fsp3) is 0.500. The molecule has 1 fully saturated rings. The molecule has 2 aliphatic rings. The van der Waals surface area contributed by atoms with Crippen molar-refractivity contribution in [2.24, 2.45) is 5.92 Å². The molecule has 2 aliphatic heterocycles. The SMILES string of the molecule is CC(C)C[C@H](C(=O)N1CCOCC1)N1C(=O)c2cc(Cl)c(Cl)cc2C1=O. The van der Waals surface area contributed by atoms with Crippen LogP contribution in [0.1, 0.15) is 41.0 Å². The first-order valence-corrected chi connectivity index (χ1v) is 9.30. The highest BCUT2D eigenvalue weighted by atomic mass is 35.5. The third-order valence-electron chi connectivity index (χ3n) is 4.57. The number of rotatable bonds is 4. The molecule has 8 heteroatoms. The molecule has 1 saturated heterocycles. The van der Waals surface area contributed by atoms with Crippen molar-refractivity contribution in [1.29, 1.82) is 0 Å². The topological polar surface area (TPSA) is 66.9 Å². The molecule has 2 heterocycles. The van der Waals surface area contributed by atoms with E-state index in [9.17, 15) is 14.4 Å². The molecule has 0 spiro atoms. The van der Waals surface area contributed by atoms with Gasteiger partial charge in [-0.15, -0.1) is 0 Å². The normalized spacial score (nSPS) is 18.5. The van der Waals surface area contributed by atoms with Gasteiger partial charge in [0.1, 0.15) is 6.04 Å². The third kappa shape index (κ3) is 3.46. The highest BCUT2D eigenvalue weighted by Crippen LogP contribution is 2.33. The summed E-state index contributed by atoms with van der Waals surface area (Å²) < 4.78 is 5.28. The largest absolute Gasteiger partial charge is 0.378 e. The first-order valence-electron chi connectivity index (χ1n) is 8.54. The summed E-state index contributed by atoms with van der Waals surface area (Å²) in [6, 6.07) is 1.94. The van der Waals surface area contributed by atoms with Crippen LogP contribution in [0.25, 0.3) is 0 Å². The lowest BCUT2D eigenvalue weighted by molar-refractivity contribution is -0.140. The minimum absolute atomic E-state index is 0.126. The molecule has 1 aromatic rings. The van der Waals surface area contributed by atoms with E-state index in [0.29, 0.717) is 32.7 Å². The summed E-state index contributed by atoms with van der Waals surface area (Å²) in [6.07, 6.45) is 0.392. The lowest BCUT2D eigenvalue weighted by atomic mass is 10.0. The van der Waals surface area contributed by atoms with E-state index in [4.69, 9.17) is 27.9 Å². The number of ether oxygens (including phenoxy) is 1. The van der Waals surface area contributed by atoms with Crippen LogP contribution >= 0.6 is 23.2 Å². The standard InChI is InChI=1S/C18H20Cl2N2O4/c1-10(2)7-15(18(25)21-3-5-26-6-4-21)22-16(23)11-8-13(19)14(20)9-12(11)17(22)24/h8-10,15H,3-7H2,1-2H3/t15-/m1/s1. The van der Waals surface area contributed by atoms with Crippen LogP contribution in [-0.4, -0.2) is 59.9 Å². The lowest BCUT2D eigenvalue weighted by Crippen LogP contribution is -2.53. The zero-order chi connectivity index (χ0) is 19.0. The van der Waals surface area contributed by atoms with Crippen LogP contribution in [0.5, 0.6) is 0 Å². The van der Waals surface area contributed by atoms with E-state index in [1.807, 2.05) is 13.8 Å². The number of carbonyl (C=O) groups excluding carboxylic acids is 3. The highest BCUT2D eigenvalue weighted by molar-refractivity contribution is 6.43. The van der Waals surface area contributed by atoms with Gasteiger partial charge in [-0.1, -0.05) is 37.0 Å². The van der Waals surface area contributed by atoms with Gasteiger partial charge >= 0.3 is 0 Å². The van der Waals surface area contributed by atoms with Crippen LogP contribution in [0.2, 0.25) is 10.0 Å². The Morgan fingerprint density at radius 2 is 1.58 bits per heavy atom. The van der Waals surface area contributed by atoms with Crippen molar-refractivity contribution in [3.8, 4) is 0 Å². The second-order valence-corrected chi connectivity index (χ2v) is 7.69. The molecule has 0 N–H and O–H groups in total. The summed E-state index contributed by atoms with van der Waals surface area (Å²) in [5.74, 6) is -1.11. The van der Waals surface area contributed by atoms with E-state index >= 15 is 0 Å². The Balaban J connectivity index is 1.95. The Hall–Kier alpha value is -1.63. The molecule has 1 atom stereocenters. The number of hydrogen-bond donors (Lipinski definition) is 0. The average molecular weight is 399 g/mol. The fourth-order valence-corrected chi connectivity index (χ4v) is 3.62. The van der Waals surface area contributed by atoms with Crippen LogP contribution in [0.4, 0.5) is 0 Å². The number of benzene rings is 1. The van der Waals surface area contributed by atoms with Gasteiger partial charge in [-0.2, -0.15) is 0 Å². The molecule has 0 radical (unpaired) electrons. The predicted molar refractivity (Wildman–Crippen MR) is 97.6 cm³/mol. The van der Waals surface area contributed by atoms with E-state index in [1.165, 1.54) is 12.1 Å². The maximum atomic E-state index is 13.1. The molecule has 0 bridgehead atoms. The van der Waals surface area contributed by atoms with Gasteiger partial charge < -0.3 is 9.64 Å². The number of imide groups is 1. The van der Waals surface area contributed by atoms with Crippen molar-refractivity contribution < 1.29 is 19.1 Å². The number of amides is 3. The first kappa shape index (κ1) is 19.1. The van der Waals surface area contributed by atoms with Gasteiger partial charge in [0.2, 0.25) is 5.91 Å². The van der Waals surface area contributed by atoms with E-state index in [-0.39, 0.29) is 33.0 Å². The Labute approximate surface area is 162 Å².